The predicted octanol–water partition coefficient (Wildman–Crippen LogP) is 4.48. The molecule has 0 bridgehead atoms. The van der Waals surface area contributed by atoms with Crippen LogP contribution in [-0.4, -0.2) is 13.7 Å². The van der Waals surface area contributed by atoms with Crippen LogP contribution < -0.4 is 10.1 Å². The van der Waals surface area contributed by atoms with Crippen LogP contribution in [0.4, 0.5) is 0 Å². The van der Waals surface area contributed by atoms with Crippen LogP contribution in [-0.2, 0) is 0 Å². The number of methoxy groups -OCH3 is 1. The summed E-state index contributed by atoms with van der Waals surface area (Å²) in [5.41, 5.74) is 0. The molecule has 19 heavy (non-hydrogen) atoms. The van der Waals surface area contributed by atoms with E-state index >= 15 is 0 Å². The molecule has 1 N–H and O–H groups in total. The highest BCUT2D eigenvalue weighted by atomic mass is 32.1. The molecule has 2 rings (SSSR count). The van der Waals surface area contributed by atoms with Gasteiger partial charge < -0.3 is 10.1 Å². The molecule has 0 spiro atoms. The summed E-state index contributed by atoms with van der Waals surface area (Å²) in [6.07, 6.45) is 4.09. The van der Waals surface area contributed by atoms with Gasteiger partial charge in [0, 0.05) is 16.3 Å². The van der Waals surface area contributed by atoms with Gasteiger partial charge in [-0.1, -0.05) is 20.8 Å². The van der Waals surface area contributed by atoms with Crippen molar-refractivity contribution >= 4 is 11.3 Å². The summed E-state index contributed by atoms with van der Waals surface area (Å²) in [5.74, 6) is 3.48. The quantitative estimate of drug-likeness (QED) is 0.859. The summed E-state index contributed by atoms with van der Waals surface area (Å²) < 4.78 is 5.34. The Hall–Kier alpha value is -0.540. The maximum Gasteiger partial charge on any atom is 0.129 e. The van der Waals surface area contributed by atoms with Crippen molar-refractivity contribution in [1.29, 1.82) is 0 Å². The highest BCUT2D eigenvalue weighted by molar-refractivity contribution is 7.10. The Kier molecular flexibility index (Phi) is 5.28. The first-order chi connectivity index (χ1) is 9.13. The minimum atomic E-state index is 0.504. The van der Waals surface area contributed by atoms with Gasteiger partial charge in [-0.05, 0) is 49.6 Å². The lowest BCUT2D eigenvalue weighted by atomic mass is 9.73. The summed E-state index contributed by atoms with van der Waals surface area (Å²) in [7, 11) is 1.75. The monoisotopic (exact) mass is 281 g/mol. The second kappa shape index (κ2) is 6.76. The third-order valence-electron chi connectivity index (χ3n) is 4.25. The van der Waals surface area contributed by atoms with Crippen molar-refractivity contribution < 1.29 is 4.74 Å². The zero-order chi connectivity index (χ0) is 13.8. The van der Waals surface area contributed by atoms with Crippen molar-refractivity contribution in [2.24, 2.45) is 17.8 Å². The number of thiophene rings is 1. The van der Waals surface area contributed by atoms with Gasteiger partial charge in [0.15, 0.2) is 0 Å². The minimum Gasteiger partial charge on any atom is -0.496 e. The van der Waals surface area contributed by atoms with Crippen LogP contribution in [0.2, 0.25) is 0 Å². The standard InChI is InChI=1S/C16H27NOS/c1-5-17-16(15-9-14(18-4)10-19-15)13-7-11(2)6-12(3)8-13/h9-13,16-17H,5-8H2,1-4H3. The maximum atomic E-state index is 5.34. The maximum absolute atomic E-state index is 5.34. The fourth-order valence-electron chi connectivity index (χ4n) is 3.61. The van der Waals surface area contributed by atoms with Crippen LogP contribution in [0.15, 0.2) is 11.4 Å². The van der Waals surface area contributed by atoms with Gasteiger partial charge in [-0.15, -0.1) is 11.3 Å². The molecule has 0 aliphatic heterocycles. The van der Waals surface area contributed by atoms with Crippen molar-refractivity contribution in [3.05, 3.63) is 16.3 Å². The average Bonchev–Trinajstić information content (AvgIpc) is 2.83. The summed E-state index contributed by atoms with van der Waals surface area (Å²) in [6, 6.07) is 2.71. The molecule has 1 saturated carbocycles. The van der Waals surface area contributed by atoms with Crippen LogP contribution in [0.25, 0.3) is 0 Å². The van der Waals surface area contributed by atoms with Gasteiger partial charge in [-0.25, -0.2) is 0 Å². The van der Waals surface area contributed by atoms with Gasteiger partial charge in [-0.2, -0.15) is 0 Å². The molecule has 1 aliphatic rings. The molecule has 3 unspecified atom stereocenters. The van der Waals surface area contributed by atoms with Crippen molar-refractivity contribution in [2.45, 2.75) is 46.1 Å². The summed E-state index contributed by atoms with van der Waals surface area (Å²) in [4.78, 5) is 1.44. The van der Waals surface area contributed by atoms with Crippen LogP contribution in [0.1, 0.15) is 51.0 Å². The fourth-order valence-corrected chi connectivity index (χ4v) is 4.63. The number of ether oxygens (including phenoxy) is 1. The van der Waals surface area contributed by atoms with Crippen molar-refractivity contribution in [2.75, 3.05) is 13.7 Å². The van der Waals surface area contributed by atoms with Gasteiger partial charge in [0.1, 0.15) is 5.75 Å². The molecule has 1 aromatic heterocycles. The molecule has 0 saturated heterocycles. The summed E-state index contributed by atoms with van der Waals surface area (Å²) in [5, 5.41) is 5.82. The molecule has 0 radical (unpaired) electrons. The fraction of sp³-hybridized carbons (Fsp3) is 0.750. The second-order valence-electron chi connectivity index (χ2n) is 6.10. The Labute approximate surface area is 121 Å². The highest BCUT2D eigenvalue weighted by Gasteiger charge is 2.31. The zero-order valence-corrected chi connectivity index (χ0v) is 13.4. The van der Waals surface area contributed by atoms with Crippen LogP contribution in [0.3, 0.4) is 0 Å². The van der Waals surface area contributed by atoms with Crippen LogP contribution in [0, 0.1) is 17.8 Å². The van der Waals surface area contributed by atoms with Gasteiger partial charge >= 0.3 is 0 Å². The Morgan fingerprint density at radius 1 is 1.32 bits per heavy atom. The molecular weight excluding hydrogens is 254 g/mol. The molecule has 1 aromatic rings. The third kappa shape index (κ3) is 3.73. The molecular formula is C16H27NOS. The van der Waals surface area contributed by atoms with E-state index in [-0.39, 0.29) is 0 Å². The van der Waals surface area contributed by atoms with E-state index in [1.54, 1.807) is 7.11 Å². The van der Waals surface area contributed by atoms with E-state index in [1.807, 2.05) is 11.3 Å². The number of hydrogen-bond acceptors (Lipinski definition) is 3. The van der Waals surface area contributed by atoms with E-state index in [0.717, 1.165) is 30.0 Å². The third-order valence-corrected chi connectivity index (χ3v) is 5.24. The average molecular weight is 281 g/mol. The van der Waals surface area contributed by atoms with Crippen LogP contribution in [0.5, 0.6) is 5.75 Å². The van der Waals surface area contributed by atoms with Crippen molar-refractivity contribution in [3.8, 4) is 5.75 Å². The van der Waals surface area contributed by atoms with Crippen molar-refractivity contribution in [3.63, 3.8) is 0 Å². The minimum absolute atomic E-state index is 0.504. The van der Waals surface area contributed by atoms with Gasteiger partial charge in [0.2, 0.25) is 0 Å². The van der Waals surface area contributed by atoms with Crippen LogP contribution >= 0.6 is 11.3 Å². The van der Waals surface area contributed by atoms with E-state index in [4.69, 9.17) is 4.74 Å². The van der Waals surface area contributed by atoms with E-state index in [2.05, 4.69) is 37.5 Å². The van der Waals surface area contributed by atoms with E-state index in [0.29, 0.717) is 6.04 Å². The summed E-state index contributed by atoms with van der Waals surface area (Å²) in [6.45, 7) is 8.04. The van der Waals surface area contributed by atoms with Gasteiger partial charge in [-0.3, -0.25) is 0 Å². The molecule has 108 valence electrons. The zero-order valence-electron chi connectivity index (χ0n) is 12.6. The van der Waals surface area contributed by atoms with E-state index < -0.39 is 0 Å². The molecule has 0 amide bonds. The molecule has 1 fully saturated rings. The molecule has 1 aliphatic carbocycles. The lowest BCUT2D eigenvalue weighted by molar-refractivity contribution is 0.179. The Morgan fingerprint density at radius 3 is 2.53 bits per heavy atom. The second-order valence-corrected chi connectivity index (χ2v) is 7.04. The first-order valence-electron chi connectivity index (χ1n) is 7.49. The van der Waals surface area contributed by atoms with Crippen molar-refractivity contribution in [1.82, 2.24) is 5.32 Å². The first kappa shape index (κ1) is 14.9. The first-order valence-corrected chi connectivity index (χ1v) is 8.37. The Bertz CT molecular complexity index is 380. The molecule has 1 heterocycles. The van der Waals surface area contributed by atoms with Gasteiger partial charge in [0.25, 0.3) is 0 Å². The Balaban J connectivity index is 2.14. The normalized spacial score (nSPS) is 29.2. The molecule has 2 nitrogen and oxygen atoms in total. The SMILES string of the molecule is CCNC(c1cc(OC)cs1)C1CC(C)CC(C)C1. The van der Waals surface area contributed by atoms with E-state index in [9.17, 15) is 0 Å². The number of rotatable bonds is 5. The lowest BCUT2D eigenvalue weighted by Crippen LogP contribution is -2.32. The van der Waals surface area contributed by atoms with E-state index in [1.165, 1.54) is 24.1 Å². The predicted molar refractivity (Wildman–Crippen MR) is 83.0 cm³/mol. The van der Waals surface area contributed by atoms with Gasteiger partial charge in [0.05, 0.1) is 7.11 Å². The number of nitrogens with one attached hydrogen (secondary N) is 1. The smallest absolute Gasteiger partial charge is 0.129 e. The summed E-state index contributed by atoms with van der Waals surface area (Å²) >= 11 is 1.83. The molecule has 3 atom stereocenters. The molecule has 0 aromatic carbocycles. The Morgan fingerprint density at radius 2 is 2.00 bits per heavy atom. The molecule has 3 heteroatoms. The lowest BCUT2D eigenvalue weighted by Gasteiger charge is -2.36. The highest BCUT2D eigenvalue weighted by Crippen LogP contribution is 2.41. The largest absolute Gasteiger partial charge is 0.496 e. The number of hydrogen-bond donors (Lipinski definition) is 1. The topological polar surface area (TPSA) is 21.3 Å².